The Morgan fingerprint density at radius 1 is 1.21 bits per heavy atom. The van der Waals surface area contributed by atoms with Crippen LogP contribution in [0.15, 0.2) is 47.4 Å². The van der Waals surface area contributed by atoms with Crippen molar-refractivity contribution in [3.63, 3.8) is 0 Å². The molecule has 1 amide bonds. The molecule has 0 saturated carbocycles. The van der Waals surface area contributed by atoms with Gasteiger partial charge in [0, 0.05) is 17.8 Å². The van der Waals surface area contributed by atoms with Gasteiger partial charge in [0.1, 0.15) is 0 Å². The zero-order chi connectivity index (χ0) is 21.1. The minimum atomic E-state index is -3.87. The molecule has 0 aromatic heterocycles. The summed E-state index contributed by atoms with van der Waals surface area (Å²) in [5.74, 6) is -1.72. The number of hydrogen-bond acceptors (Lipinski definition) is 7. The predicted molar refractivity (Wildman–Crippen MR) is 99.4 cm³/mol. The van der Waals surface area contributed by atoms with Crippen molar-refractivity contribution in [1.82, 2.24) is 0 Å². The normalized spacial score (nSPS) is 12.1. The number of sulfonamides is 1. The van der Waals surface area contributed by atoms with E-state index in [-0.39, 0.29) is 26.9 Å². The second-order valence-corrected chi connectivity index (χ2v) is 7.50. The van der Waals surface area contributed by atoms with Crippen LogP contribution in [0.1, 0.15) is 17.3 Å². The highest BCUT2D eigenvalue weighted by molar-refractivity contribution is 7.89. The molecule has 0 aliphatic carbocycles. The number of non-ortho nitro benzene ring substituents is 1. The number of carbonyl (C=O) groups excluding carboxylic acids is 2. The number of halogens is 1. The van der Waals surface area contributed by atoms with Crippen LogP contribution in [0.2, 0.25) is 5.02 Å². The number of esters is 1. The van der Waals surface area contributed by atoms with Gasteiger partial charge in [-0.15, -0.1) is 0 Å². The Balaban J connectivity index is 2.07. The molecule has 148 valence electrons. The average molecular weight is 428 g/mol. The summed E-state index contributed by atoms with van der Waals surface area (Å²) in [6, 6.07) is 8.26. The van der Waals surface area contributed by atoms with Crippen LogP contribution in [0.25, 0.3) is 0 Å². The molecule has 0 bridgehead atoms. The zero-order valence-corrected chi connectivity index (χ0v) is 15.9. The molecule has 0 radical (unpaired) electrons. The maximum atomic E-state index is 12.2. The van der Waals surface area contributed by atoms with E-state index in [1.807, 2.05) is 0 Å². The van der Waals surface area contributed by atoms with E-state index < -0.39 is 32.9 Å². The Morgan fingerprint density at radius 3 is 2.36 bits per heavy atom. The summed E-state index contributed by atoms with van der Waals surface area (Å²) in [6.45, 7) is 1.29. The van der Waals surface area contributed by atoms with Crippen LogP contribution in [0.5, 0.6) is 0 Å². The largest absolute Gasteiger partial charge is 0.449 e. The lowest BCUT2D eigenvalue weighted by atomic mass is 10.2. The standard InChI is InChI=1S/C16H14ClN3O7S/c1-9(15(21)19-10-2-5-12(6-3-10)28(18,25)26)27-16(22)13-8-11(20(23)24)4-7-14(13)17/h2-9H,1H3,(H,19,21)(H2,18,25,26). The lowest BCUT2D eigenvalue weighted by molar-refractivity contribution is -0.384. The van der Waals surface area contributed by atoms with Gasteiger partial charge in [-0.3, -0.25) is 14.9 Å². The van der Waals surface area contributed by atoms with E-state index in [4.69, 9.17) is 21.5 Å². The Bertz CT molecular complexity index is 1040. The van der Waals surface area contributed by atoms with Crippen molar-refractivity contribution in [3.8, 4) is 0 Å². The van der Waals surface area contributed by atoms with E-state index in [0.29, 0.717) is 0 Å². The van der Waals surface area contributed by atoms with Crippen molar-refractivity contribution in [2.24, 2.45) is 5.14 Å². The predicted octanol–water partition coefficient (Wildman–Crippen LogP) is 2.08. The van der Waals surface area contributed by atoms with Crippen LogP contribution in [0, 0.1) is 10.1 Å². The van der Waals surface area contributed by atoms with Gasteiger partial charge in [0.15, 0.2) is 6.10 Å². The van der Waals surface area contributed by atoms with Crippen molar-refractivity contribution in [1.29, 1.82) is 0 Å². The number of carbonyl (C=O) groups is 2. The van der Waals surface area contributed by atoms with E-state index >= 15 is 0 Å². The van der Waals surface area contributed by atoms with E-state index in [0.717, 1.165) is 12.1 Å². The molecule has 2 rings (SSSR count). The van der Waals surface area contributed by atoms with E-state index in [1.165, 1.54) is 37.3 Å². The van der Waals surface area contributed by atoms with E-state index in [9.17, 15) is 28.1 Å². The number of amides is 1. The number of nitro benzene ring substituents is 1. The fourth-order valence-corrected chi connectivity index (χ4v) is 2.74. The number of hydrogen-bond donors (Lipinski definition) is 2. The average Bonchev–Trinajstić information content (AvgIpc) is 2.61. The number of nitrogens with zero attached hydrogens (tertiary/aromatic N) is 1. The Labute approximate surface area is 164 Å². The SMILES string of the molecule is CC(OC(=O)c1cc([N+](=O)[O-])ccc1Cl)C(=O)Nc1ccc(S(N)(=O)=O)cc1. The van der Waals surface area contributed by atoms with Gasteiger partial charge < -0.3 is 10.1 Å². The Hall–Kier alpha value is -3.02. The summed E-state index contributed by atoms with van der Waals surface area (Å²) in [5, 5.41) is 18.2. The van der Waals surface area contributed by atoms with Gasteiger partial charge in [-0.25, -0.2) is 18.4 Å². The summed E-state index contributed by atoms with van der Waals surface area (Å²) in [4.78, 5) is 34.3. The second kappa shape index (κ2) is 8.33. The van der Waals surface area contributed by atoms with Crippen molar-refractivity contribution in [2.45, 2.75) is 17.9 Å². The summed E-state index contributed by atoms with van der Waals surface area (Å²) in [5.41, 5.74) is -0.370. The molecule has 0 fully saturated rings. The summed E-state index contributed by atoms with van der Waals surface area (Å²) >= 11 is 5.86. The molecular formula is C16H14ClN3O7S. The fraction of sp³-hybridized carbons (Fsp3) is 0.125. The number of nitrogens with one attached hydrogen (secondary N) is 1. The van der Waals surface area contributed by atoms with Gasteiger partial charge in [0.05, 0.1) is 20.4 Å². The smallest absolute Gasteiger partial charge is 0.340 e. The monoisotopic (exact) mass is 427 g/mol. The first-order chi connectivity index (χ1) is 13.0. The quantitative estimate of drug-likeness (QED) is 0.405. The molecule has 2 aromatic rings. The van der Waals surface area contributed by atoms with Gasteiger partial charge in [-0.05, 0) is 37.3 Å². The molecule has 0 aliphatic rings. The van der Waals surface area contributed by atoms with Crippen LogP contribution < -0.4 is 10.5 Å². The number of nitrogens with two attached hydrogens (primary N) is 1. The van der Waals surface area contributed by atoms with Gasteiger partial charge in [-0.1, -0.05) is 11.6 Å². The van der Waals surface area contributed by atoms with Crippen LogP contribution in [-0.2, 0) is 19.6 Å². The van der Waals surface area contributed by atoms with Gasteiger partial charge in [0.2, 0.25) is 10.0 Å². The lowest BCUT2D eigenvalue weighted by Gasteiger charge is -2.14. The molecule has 28 heavy (non-hydrogen) atoms. The van der Waals surface area contributed by atoms with Crippen LogP contribution in [0.4, 0.5) is 11.4 Å². The minimum Gasteiger partial charge on any atom is -0.449 e. The molecule has 10 nitrogen and oxygen atoms in total. The molecule has 2 aromatic carbocycles. The minimum absolute atomic E-state index is 0.0678. The Morgan fingerprint density at radius 2 is 1.82 bits per heavy atom. The summed E-state index contributed by atoms with van der Waals surface area (Å²) in [6.07, 6.45) is -1.26. The topological polar surface area (TPSA) is 159 Å². The first-order valence-corrected chi connectivity index (χ1v) is 9.50. The fourth-order valence-electron chi connectivity index (χ4n) is 2.03. The van der Waals surface area contributed by atoms with Gasteiger partial charge in [-0.2, -0.15) is 0 Å². The van der Waals surface area contributed by atoms with Gasteiger partial charge in [0.25, 0.3) is 11.6 Å². The third-order valence-electron chi connectivity index (χ3n) is 3.48. The number of nitro groups is 1. The maximum Gasteiger partial charge on any atom is 0.340 e. The van der Waals surface area contributed by atoms with Gasteiger partial charge >= 0.3 is 5.97 Å². The molecule has 3 N–H and O–H groups in total. The number of ether oxygens (including phenoxy) is 1. The Kier molecular flexibility index (Phi) is 6.33. The highest BCUT2D eigenvalue weighted by Crippen LogP contribution is 2.23. The zero-order valence-electron chi connectivity index (χ0n) is 14.3. The molecule has 0 aliphatic heterocycles. The second-order valence-electron chi connectivity index (χ2n) is 5.53. The number of rotatable bonds is 6. The van der Waals surface area contributed by atoms with Crippen LogP contribution in [0.3, 0.4) is 0 Å². The van der Waals surface area contributed by atoms with E-state index in [2.05, 4.69) is 5.32 Å². The first kappa shape index (κ1) is 21.3. The maximum absolute atomic E-state index is 12.2. The van der Waals surface area contributed by atoms with Crippen LogP contribution in [-0.4, -0.2) is 31.3 Å². The number of benzene rings is 2. The summed E-state index contributed by atoms with van der Waals surface area (Å²) in [7, 11) is -3.87. The molecule has 0 saturated heterocycles. The molecule has 0 heterocycles. The van der Waals surface area contributed by atoms with E-state index in [1.54, 1.807) is 0 Å². The molecular weight excluding hydrogens is 414 g/mol. The molecule has 0 spiro atoms. The number of anilines is 1. The molecule has 1 atom stereocenters. The summed E-state index contributed by atoms with van der Waals surface area (Å²) < 4.78 is 27.4. The molecule has 12 heteroatoms. The lowest BCUT2D eigenvalue weighted by Crippen LogP contribution is -2.30. The van der Waals surface area contributed by atoms with Crippen molar-refractivity contribution in [2.75, 3.05) is 5.32 Å². The third-order valence-corrected chi connectivity index (χ3v) is 4.74. The highest BCUT2D eigenvalue weighted by atomic mass is 35.5. The van der Waals surface area contributed by atoms with Crippen LogP contribution >= 0.6 is 11.6 Å². The third kappa shape index (κ3) is 5.25. The highest BCUT2D eigenvalue weighted by Gasteiger charge is 2.23. The first-order valence-electron chi connectivity index (χ1n) is 7.57. The van der Waals surface area contributed by atoms with Crippen molar-refractivity contribution < 1.29 is 27.7 Å². The number of primary sulfonamides is 1. The van der Waals surface area contributed by atoms with Crippen molar-refractivity contribution in [3.05, 3.63) is 63.2 Å². The molecule has 1 unspecified atom stereocenters. The van der Waals surface area contributed by atoms with Crippen molar-refractivity contribution >= 4 is 44.9 Å².